The topological polar surface area (TPSA) is 32.3 Å². The summed E-state index contributed by atoms with van der Waals surface area (Å²) in [7, 11) is 0. The lowest BCUT2D eigenvalue weighted by molar-refractivity contribution is 0.190. The molecule has 0 bridgehead atoms. The Bertz CT molecular complexity index is 627. The molecule has 5 heteroatoms. The van der Waals surface area contributed by atoms with Gasteiger partial charge in [-0.15, -0.1) is 11.3 Å². The molecule has 2 rings (SSSR count). The van der Waals surface area contributed by atoms with E-state index in [1.807, 2.05) is 37.3 Å². The molecule has 0 aliphatic rings. The number of carbonyl (C=O) groups excluding carboxylic acids is 1. The highest BCUT2D eigenvalue weighted by atomic mass is 35.5. The molecule has 0 aliphatic carbocycles. The Morgan fingerprint density at radius 3 is 2.43 bits per heavy atom. The van der Waals surface area contributed by atoms with Crippen molar-refractivity contribution < 1.29 is 4.79 Å². The number of carbonyl (C=O) groups is 1. The van der Waals surface area contributed by atoms with Gasteiger partial charge in [-0.1, -0.05) is 55.8 Å². The summed E-state index contributed by atoms with van der Waals surface area (Å²) >= 11 is 7.49. The maximum atomic E-state index is 12.7. The smallest absolute Gasteiger partial charge is 0.318 e. The fourth-order valence-electron chi connectivity index (χ4n) is 2.47. The summed E-state index contributed by atoms with van der Waals surface area (Å²) in [4.78, 5) is 15.6. The molecule has 0 saturated heterocycles. The van der Waals surface area contributed by atoms with Crippen molar-refractivity contribution in [2.75, 3.05) is 6.54 Å². The Labute approximate surface area is 147 Å². The van der Waals surface area contributed by atoms with Crippen molar-refractivity contribution in [1.29, 1.82) is 0 Å². The van der Waals surface area contributed by atoms with Crippen LogP contribution < -0.4 is 5.32 Å². The zero-order chi connectivity index (χ0) is 16.8. The summed E-state index contributed by atoms with van der Waals surface area (Å²) in [6.45, 7) is 7.46. The summed E-state index contributed by atoms with van der Waals surface area (Å²) in [5, 5.41) is 3.17. The van der Waals surface area contributed by atoms with Gasteiger partial charge in [0.15, 0.2) is 0 Å². The van der Waals surface area contributed by atoms with Crippen LogP contribution in [0.25, 0.3) is 0 Å². The van der Waals surface area contributed by atoms with Gasteiger partial charge in [0, 0.05) is 11.4 Å². The average molecular weight is 351 g/mol. The lowest BCUT2D eigenvalue weighted by atomic mass is 9.96. The molecule has 1 aromatic heterocycles. The minimum atomic E-state index is -0.0421. The Hall–Kier alpha value is -1.52. The normalized spacial score (nSPS) is 12.2. The number of amides is 2. The molecule has 1 unspecified atom stereocenters. The van der Waals surface area contributed by atoms with Crippen LogP contribution in [0.4, 0.5) is 4.79 Å². The van der Waals surface area contributed by atoms with Crippen LogP contribution in [-0.2, 0) is 6.54 Å². The maximum absolute atomic E-state index is 12.7. The number of hydrogen-bond acceptors (Lipinski definition) is 2. The molecule has 1 aromatic carbocycles. The van der Waals surface area contributed by atoms with E-state index in [2.05, 4.69) is 31.3 Å². The van der Waals surface area contributed by atoms with E-state index >= 15 is 0 Å². The summed E-state index contributed by atoms with van der Waals surface area (Å²) in [5.41, 5.74) is 1.13. The molecule has 0 aliphatic heterocycles. The molecule has 1 N–H and O–H groups in total. The molecule has 0 fully saturated rings. The first-order chi connectivity index (χ1) is 11.0. The van der Waals surface area contributed by atoms with Crippen LogP contribution in [0.15, 0.2) is 42.5 Å². The second-order valence-corrected chi connectivity index (χ2v) is 7.60. The van der Waals surface area contributed by atoms with Gasteiger partial charge >= 0.3 is 6.03 Å². The third-order valence-electron chi connectivity index (χ3n) is 3.75. The lowest BCUT2D eigenvalue weighted by Crippen LogP contribution is -2.42. The highest BCUT2D eigenvalue weighted by Gasteiger charge is 2.21. The zero-order valence-electron chi connectivity index (χ0n) is 13.8. The van der Waals surface area contributed by atoms with Crippen molar-refractivity contribution in [1.82, 2.24) is 10.2 Å². The van der Waals surface area contributed by atoms with Crippen molar-refractivity contribution in [2.45, 2.75) is 33.4 Å². The molecular formula is C18H23ClN2OS. The van der Waals surface area contributed by atoms with Gasteiger partial charge in [0.05, 0.1) is 16.9 Å². The number of thiophene rings is 1. The number of hydrogen-bond donors (Lipinski definition) is 1. The van der Waals surface area contributed by atoms with Crippen LogP contribution in [0.2, 0.25) is 4.34 Å². The van der Waals surface area contributed by atoms with Gasteiger partial charge in [0.1, 0.15) is 0 Å². The summed E-state index contributed by atoms with van der Waals surface area (Å²) in [6, 6.07) is 13.9. The quantitative estimate of drug-likeness (QED) is 0.750. The highest BCUT2D eigenvalue weighted by molar-refractivity contribution is 7.16. The van der Waals surface area contributed by atoms with E-state index in [0.717, 1.165) is 14.8 Å². The van der Waals surface area contributed by atoms with Crippen molar-refractivity contribution in [3.8, 4) is 0 Å². The standard InChI is InChI=1S/C18H23ClN2OS/c1-4-21(12-15-10-11-16(19)23-15)18(22)20-17(13(2)3)14-8-6-5-7-9-14/h5-11,13,17H,4,12H2,1-3H3,(H,20,22). The van der Waals surface area contributed by atoms with E-state index in [0.29, 0.717) is 19.0 Å². The number of rotatable bonds is 6. The van der Waals surface area contributed by atoms with E-state index in [1.165, 1.54) is 11.3 Å². The molecule has 0 spiro atoms. The van der Waals surface area contributed by atoms with Crippen molar-refractivity contribution in [2.24, 2.45) is 5.92 Å². The average Bonchev–Trinajstić information content (AvgIpc) is 2.95. The summed E-state index contributed by atoms with van der Waals surface area (Å²) in [6.07, 6.45) is 0. The molecule has 3 nitrogen and oxygen atoms in total. The van der Waals surface area contributed by atoms with E-state index in [-0.39, 0.29) is 12.1 Å². The molecular weight excluding hydrogens is 328 g/mol. The number of urea groups is 1. The number of nitrogens with one attached hydrogen (secondary N) is 1. The monoisotopic (exact) mass is 350 g/mol. The Kier molecular flexibility index (Phi) is 6.48. The molecule has 1 heterocycles. The van der Waals surface area contributed by atoms with E-state index < -0.39 is 0 Å². The Morgan fingerprint density at radius 2 is 1.91 bits per heavy atom. The summed E-state index contributed by atoms with van der Waals surface area (Å²) in [5.74, 6) is 0.316. The van der Waals surface area contributed by atoms with Gasteiger partial charge in [-0.2, -0.15) is 0 Å². The molecule has 1 atom stereocenters. The maximum Gasteiger partial charge on any atom is 0.318 e. The van der Waals surface area contributed by atoms with E-state index in [1.54, 1.807) is 4.90 Å². The van der Waals surface area contributed by atoms with Crippen molar-refractivity contribution in [3.63, 3.8) is 0 Å². The second-order valence-electron chi connectivity index (χ2n) is 5.80. The minimum absolute atomic E-state index is 0.00433. The fourth-order valence-corrected chi connectivity index (χ4v) is 3.57. The van der Waals surface area contributed by atoms with Crippen LogP contribution in [0.1, 0.15) is 37.3 Å². The Morgan fingerprint density at radius 1 is 1.22 bits per heavy atom. The molecule has 2 amide bonds. The predicted molar refractivity (Wildman–Crippen MR) is 98.0 cm³/mol. The van der Waals surface area contributed by atoms with E-state index in [9.17, 15) is 4.79 Å². The SMILES string of the molecule is CCN(Cc1ccc(Cl)s1)C(=O)NC(c1ccccc1)C(C)C. The molecule has 124 valence electrons. The Balaban J connectivity index is 2.07. The predicted octanol–water partition coefficient (Wildman–Crippen LogP) is 5.33. The molecule has 2 aromatic rings. The van der Waals surface area contributed by atoms with Crippen molar-refractivity contribution in [3.05, 3.63) is 57.2 Å². The van der Waals surface area contributed by atoms with Gasteiger partial charge in [-0.3, -0.25) is 0 Å². The highest BCUT2D eigenvalue weighted by Crippen LogP contribution is 2.24. The lowest BCUT2D eigenvalue weighted by Gasteiger charge is -2.27. The number of benzene rings is 1. The van der Waals surface area contributed by atoms with Gasteiger partial charge in [0.2, 0.25) is 0 Å². The van der Waals surface area contributed by atoms with Gasteiger partial charge in [-0.05, 0) is 30.5 Å². The molecule has 0 saturated carbocycles. The van der Waals surface area contributed by atoms with Gasteiger partial charge < -0.3 is 10.2 Å². The van der Waals surface area contributed by atoms with Crippen LogP contribution in [-0.4, -0.2) is 17.5 Å². The van der Waals surface area contributed by atoms with E-state index in [4.69, 9.17) is 11.6 Å². The van der Waals surface area contributed by atoms with Gasteiger partial charge in [0.25, 0.3) is 0 Å². The molecule has 23 heavy (non-hydrogen) atoms. The minimum Gasteiger partial charge on any atom is -0.331 e. The van der Waals surface area contributed by atoms with Crippen LogP contribution in [0.3, 0.4) is 0 Å². The first-order valence-electron chi connectivity index (χ1n) is 7.85. The van der Waals surface area contributed by atoms with Crippen LogP contribution in [0.5, 0.6) is 0 Å². The summed E-state index contributed by atoms with van der Waals surface area (Å²) < 4.78 is 0.751. The third kappa shape index (κ3) is 4.98. The third-order valence-corrected chi connectivity index (χ3v) is 4.96. The second kappa shape index (κ2) is 8.37. The largest absolute Gasteiger partial charge is 0.331 e. The number of halogens is 1. The first kappa shape index (κ1) is 17.8. The number of nitrogens with zero attached hydrogens (tertiary/aromatic N) is 1. The van der Waals surface area contributed by atoms with Crippen LogP contribution >= 0.6 is 22.9 Å². The zero-order valence-corrected chi connectivity index (χ0v) is 15.3. The fraction of sp³-hybridized carbons (Fsp3) is 0.389. The molecule has 0 radical (unpaired) electrons. The van der Waals surface area contributed by atoms with Crippen LogP contribution in [0, 0.1) is 5.92 Å². The first-order valence-corrected chi connectivity index (χ1v) is 9.05. The van der Waals surface area contributed by atoms with Crippen molar-refractivity contribution >= 4 is 29.0 Å². The van der Waals surface area contributed by atoms with Gasteiger partial charge in [-0.25, -0.2) is 4.79 Å².